The molecule has 6 heteroatoms. The molecule has 2 aliphatic heterocycles. The van der Waals surface area contributed by atoms with E-state index in [0.29, 0.717) is 38.2 Å². The largest absolute Gasteiger partial charge is 0.326 e. The van der Waals surface area contributed by atoms with Crippen molar-refractivity contribution >= 4 is 23.2 Å². The first-order chi connectivity index (χ1) is 13.9. The molecule has 2 N–H and O–H groups in total. The molecule has 0 saturated carbocycles. The predicted octanol–water partition coefficient (Wildman–Crippen LogP) is 2.65. The Kier molecular flexibility index (Phi) is 5.20. The number of piperidine rings is 1. The van der Waals surface area contributed by atoms with E-state index in [4.69, 9.17) is 4.99 Å². The fourth-order valence-corrected chi connectivity index (χ4v) is 4.00. The minimum atomic E-state index is -0.542. The number of likely N-dealkylation sites (tertiary alicyclic amines) is 1. The summed E-state index contributed by atoms with van der Waals surface area (Å²) in [4.78, 5) is 31.8. The fourth-order valence-electron chi connectivity index (χ4n) is 4.00. The van der Waals surface area contributed by atoms with Crippen molar-refractivity contribution in [3.05, 3.63) is 65.2 Å². The van der Waals surface area contributed by atoms with E-state index in [1.165, 1.54) is 0 Å². The van der Waals surface area contributed by atoms with E-state index >= 15 is 0 Å². The highest BCUT2D eigenvalue weighted by atomic mass is 16.2. The van der Waals surface area contributed by atoms with Crippen molar-refractivity contribution in [1.82, 2.24) is 10.2 Å². The second-order valence-corrected chi connectivity index (χ2v) is 8.01. The van der Waals surface area contributed by atoms with Gasteiger partial charge in [0.25, 0.3) is 5.91 Å². The Labute approximate surface area is 171 Å². The van der Waals surface area contributed by atoms with Crippen LogP contribution in [0.4, 0.5) is 5.69 Å². The molecule has 2 amide bonds. The molecule has 2 aliphatic rings. The Morgan fingerprint density at radius 1 is 1.10 bits per heavy atom. The minimum Gasteiger partial charge on any atom is -0.326 e. The summed E-state index contributed by atoms with van der Waals surface area (Å²) in [6.07, 6.45) is 1.40. The molecule has 0 aromatic heterocycles. The van der Waals surface area contributed by atoms with Gasteiger partial charge in [-0.2, -0.15) is 0 Å². The van der Waals surface area contributed by atoms with Gasteiger partial charge in [-0.3, -0.25) is 19.5 Å². The number of carbonyl (C=O) groups excluding carboxylic acids is 2. The maximum Gasteiger partial charge on any atom is 0.272 e. The average Bonchev–Trinajstić information content (AvgIpc) is 3.00. The number of nitrogens with zero attached hydrogens (tertiary/aromatic N) is 2. The lowest BCUT2D eigenvalue weighted by molar-refractivity contribution is -0.119. The van der Waals surface area contributed by atoms with Gasteiger partial charge in [-0.15, -0.1) is 0 Å². The van der Waals surface area contributed by atoms with Crippen molar-refractivity contribution in [3.8, 4) is 0 Å². The van der Waals surface area contributed by atoms with Crippen molar-refractivity contribution in [1.29, 1.82) is 0 Å². The van der Waals surface area contributed by atoms with Crippen LogP contribution in [0.2, 0.25) is 0 Å². The van der Waals surface area contributed by atoms with E-state index in [1.54, 1.807) is 0 Å². The Bertz CT molecular complexity index is 974. The van der Waals surface area contributed by atoms with E-state index < -0.39 is 5.66 Å². The molecular formula is C23H26N4O2. The van der Waals surface area contributed by atoms with Crippen LogP contribution in [0.1, 0.15) is 29.5 Å². The van der Waals surface area contributed by atoms with Crippen LogP contribution < -0.4 is 10.6 Å². The van der Waals surface area contributed by atoms with E-state index in [9.17, 15) is 9.59 Å². The number of anilines is 1. The zero-order valence-corrected chi connectivity index (χ0v) is 16.9. The van der Waals surface area contributed by atoms with Gasteiger partial charge in [0.15, 0.2) is 0 Å². The van der Waals surface area contributed by atoms with Crippen LogP contribution in [0, 0.1) is 13.8 Å². The van der Waals surface area contributed by atoms with Gasteiger partial charge in [-0.1, -0.05) is 35.9 Å². The average molecular weight is 390 g/mol. The molecule has 0 bridgehead atoms. The van der Waals surface area contributed by atoms with Crippen LogP contribution in [0.3, 0.4) is 0 Å². The topological polar surface area (TPSA) is 73.8 Å². The van der Waals surface area contributed by atoms with Gasteiger partial charge < -0.3 is 10.6 Å². The monoisotopic (exact) mass is 390 g/mol. The zero-order valence-electron chi connectivity index (χ0n) is 16.9. The lowest BCUT2D eigenvalue weighted by Crippen LogP contribution is -2.52. The summed E-state index contributed by atoms with van der Waals surface area (Å²) in [7, 11) is 0. The molecule has 0 atom stereocenters. The van der Waals surface area contributed by atoms with E-state index in [1.807, 2.05) is 62.4 Å². The van der Waals surface area contributed by atoms with Crippen molar-refractivity contribution in [2.45, 2.75) is 32.4 Å². The predicted molar refractivity (Wildman–Crippen MR) is 114 cm³/mol. The third kappa shape index (κ3) is 4.38. The molecule has 6 nitrogen and oxygen atoms in total. The molecule has 29 heavy (non-hydrogen) atoms. The number of carbonyl (C=O) groups is 2. The summed E-state index contributed by atoms with van der Waals surface area (Å²) >= 11 is 0. The second kappa shape index (κ2) is 7.79. The lowest BCUT2D eigenvalue weighted by Gasteiger charge is -2.36. The van der Waals surface area contributed by atoms with Gasteiger partial charge in [0, 0.05) is 37.2 Å². The Morgan fingerprint density at radius 3 is 2.48 bits per heavy atom. The molecule has 150 valence electrons. The zero-order chi connectivity index (χ0) is 20.4. The number of hydrogen-bond donors (Lipinski definition) is 2. The Balaban J connectivity index is 1.36. The van der Waals surface area contributed by atoms with Crippen LogP contribution in [-0.4, -0.2) is 47.7 Å². The second-order valence-electron chi connectivity index (χ2n) is 8.01. The van der Waals surface area contributed by atoms with Gasteiger partial charge in [0.05, 0.1) is 6.54 Å². The molecule has 2 aromatic rings. The highest BCUT2D eigenvalue weighted by molar-refractivity contribution is 6.46. The fraction of sp³-hybridized carbons (Fsp3) is 0.348. The van der Waals surface area contributed by atoms with Crippen LogP contribution in [0.25, 0.3) is 0 Å². The van der Waals surface area contributed by atoms with Crippen molar-refractivity contribution in [3.63, 3.8) is 0 Å². The molecule has 4 rings (SSSR count). The first-order valence-corrected chi connectivity index (χ1v) is 10.0. The first kappa shape index (κ1) is 19.3. The molecule has 0 radical (unpaired) electrons. The number of aryl methyl sites for hydroxylation is 2. The summed E-state index contributed by atoms with van der Waals surface area (Å²) in [5, 5.41) is 6.04. The number of aliphatic imine (C=N–C) groups is 1. The van der Waals surface area contributed by atoms with Gasteiger partial charge in [0.2, 0.25) is 5.91 Å². The van der Waals surface area contributed by atoms with E-state index in [2.05, 4.69) is 15.5 Å². The maximum absolute atomic E-state index is 12.5. The standard InChI is InChI=1S/C23H26N4O2/c1-16-5-3-7-18(13-16)21-22(29)26-23(25-21)9-11-27(12-10-23)15-20(28)24-19-8-4-6-17(2)14-19/h3-8,13-14H,9-12,15H2,1-2H3,(H,24,28)(H,26,29). The van der Waals surface area contributed by atoms with Crippen molar-refractivity contribution in [2.24, 2.45) is 4.99 Å². The molecular weight excluding hydrogens is 364 g/mol. The summed E-state index contributed by atoms with van der Waals surface area (Å²) in [5.74, 6) is -0.132. The molecule has 0 unspecified atom stereocenters. The minimum absolute atomic E-state index is 0.0223. The molecule has 0 aliphatic carbocycles. The highest BCUT2D eigenvalue weighted by Gasteiger charge is 2.42. The smallest absolute Gasteiger partial charge is 0.272 e. The van der Waals surface area contributed by atoms with Gasteiger partial charge >= 0.3 is 0 Å². The maximum atomic E-state index is 12.5. The summed E-state index contributed by atoms with van der Waals surface area (Å²) in [6, 6.07) is 15.7. The Morgan fingerprint density at radius 2 is 1.79 bits per heavy atom. The molecule has 1 fully saturated rings. The number of nitrogens with one attached hydrogen (secondary N) is 2. The van der Waals surface area contributed by atoms with E-state index in [0.717, 1.165) is 22.4 Å². The van der Waals surface area contributed by atoms with Gasteiger partial charge in [-0.05, 0) is 37.6 Å². The number of amides is 2. The quantitative estimate of drug-likeness (QED) is 0.843. The number of rotatable bonds is 4. The summed E-state index contributed by atoms with van der Waals surface area (Å²) in [5.41, 5.74) is 3.87. The van der Waals surface area contributed by atoms with Gasteiger partial charge in [-0.25, -0.2) is 0 Å². The number of hydrogen-bond acceptors (Lipinski definition) is 4. The van der Waals surface area contributed by atoms with Crippen LogP contribution >= 0.6 is 0 Å². The van der Waals surface area contributed by atoms with Crippen LogP contribution in [0.15, 0.2) is 53.5 Å². The third-order valence-electron chi connectivity index (χ3n) is 5.53. The molecule has 2 heterocycles. The third-order valence-corrected chi connectivity index (χ3v) is 5.53. The Hall–Kier alpha value is -2.99. The van der Waals surface area contributed by atoms with Crippen molar-refractivity contribution in [2.75, 3.05) is 25.0 Å². The van der Waals surface area contributed by atoms with Gasteiger partial charge in [0.1, 0.15) is 11.4 Å². The molecule has 2 aromatic carbocycles. The number of benzene rings is 2. The first-order valence-electron chi connectivity index (χ1n) is 10.0. The summed E-state index contributed by atoms with van der Waals surface area (Å²) in [6.45, 7) is 5.78. The van der Waals surface area contributed by atoms with Crippen LogP contribution in [0.5, 0.6) is 0 Å². The van der Waals surface area contributed by atoms with E-state index in [-0.39, 0.29) is 11.8 Å². The highest BCUT2D eigenvalue weighted by Crippen LogP contribution is 2.29. The summed E-state index contributed by atoms with van der Waals surface area (Å²) < 4.78 is 0. The molecule has 1 spiro atoms. The SMILES string of the molecule is Cc1cccc(NC(=O)CN2CCC3(CC2)N=C(c2cccc(C)c2)C(=O)N3)c1. The normalized spacial score (nSPS) is 18.4. The van der Waals surface area contributed by atoms with Crippen LogP contribution in [-0.2, 0) is 9.59 Å². The van der Waals surface area contributed by atoms with Crippen molar-refractivity contribution < 1.29 is 9.59 Å². The molecule has 1 saturated heterocycles. The lowest BCUT2D eigenvalue weighted by atomic mass is 9.98.